The van der Waals surface area contributed by atoms with Crippen molar-refractivity contribution in [1.29, 1.82) is 0 Å². The molecule has 3 aromatic rings. The van der Waals surface area contributed by atoms with Crippen molar-refractivity contribution in [2.75, 3.05) is 0 Å². The fourth-order valence-corrected chi connectivity index (χ4v) is 2.95. The highest BCUT2D eigenvalue weighted by Gasteiger charge is 2.19. The highest BCUT2D eigenvalue weighted by atomic mass is 32.2. The van der Waals surface area contributed by atoms with Crippen molar-refractivity contribution >= 4 is 15.7 Å². The average molecular weight is 361 g/mol. The molecule has 25 heavy (non-hydrogen) atoms. The normalized spacial score (nSPS) is 11.4. The first-order chi connectivity index (χ1) is 12.0. The van der Waals surface area contributed by atoms with Gasteiger partial charge in [0.25, 0.3) is 5.69 Å². The maximum Gasteiger partial charge on any atom is 0.270 e. The molecule has 2 heterocycles. The molecule has 0 saturated heterocycles. The Balaban J connectivity index is 1.74. The predicted molar refractivity (Wildman–Crippen MR) is 84.7 cm³/mol. The molecule has 0 aliphatic carbocycles. The van der Waals surface area contributed by atoms with E-state index in [2.05, 4.69) is 19.9 Å². The van der Waals surface area contributed by atoms with Gasteiger partial charge in [-0.15, -0.1) is 10.2 Å². The third-order valence-electron chi connectivity index (χ3n) is 3.13. The maximum absolute atomic E-state index is 12.2. The van der Waals surface area contributed by atoms with Crippen LogP contribution >= 0.6 is 0 Å². The number of hydrogen-bond acceptors (Lipinski definition) is 8. The fraction of sp³-hybridized carbons (Fsp3) is 0.0714. The van der Waals surface area contributed by atoms with E-state index in [4.69, 9.17) is 4.42 Å². The van der Waals surface area contributed by atoms with Crippen LogP contribution in [0.3, 0.4) is 0 Å². The third-order valence-corrected chi connectivity index (χ3v) is 4.53. The first-order valence-corrected chi connectivity index (χ1v) is 8.41. The van der Waals surface area contributed by atoms with Crippen LogP contribution in [0.15, 0.2) is 58.1 Å². The van der Waals surface area contributed by atoms with Gasteiger partial charge < -0.3 is 4.42 Å². The summed E-state index contributed by atoms with van der Waals surface area (Å²) in [6.45, 7) is -0.252. The molecule has 1 aromatic carbocycles. The lowest BCUT2D eigenvalue weighted by atomic mass is 10.3. The Morgan fingerprint density at radius 1 is 1.20 bits per heavy atom. The molecule has 0 aliphatic rings. The number of sulfonamides is 1. The monoisotopic (exact) mass is 361 g/mol. The Morgan fingerprint density at radius 3 is 2.76 bits per heavy atom. The number of hydrogen-bond donors (Lipinski definition) is 1. The molecule has 10 nitrogen and oxygen atoms in total. The van der Waals surface area contributed by atoms with Crippen LogP contribution in [0.2, 0.25) is 0 Å². The Hall–Kier alpha value is -3.18. The van der Waals surface area contributed by atoms with Crippen molar-refractivity contribution in [3.63, 3.8) is 0 Å². The van der Waals surface area contributed by atoms with E-state index in [0.717, 1.165) is 6.07 Å². The average Bonchev–Trinajstić information content (AvgIpc) is 3.10. The van der Waals surface area contributed by atoms with Gasteiger partial charge in [0.1, 0.15) is 0 Å². The summed E-state index contributed by atoms with van der Waals surface area (Å²) < 4.78 is 32.1. The lowest BCUT2D eigenvalue weighted by molar-refractivity contribution is -0.385. The second kappa shape index (κ2) is 6.75. The number of nitro groups is 1. The molecule has 0 amide bonds. The third kappa shape index (κ3) is 3.84. The second-order valence-electron chi connectivity index (χ2n) is 4.82. The van der Waals surface area contributed by atoms with Gasteiger partial charge in [-0.2, -0.15) is 0 Å². The van der Waals surface area contributed by atoms with E-state index < -0.39 is 14.9 Å². The van der Waals surface area contributed by atoms with Crippen molar-refractivity contribution in [2.45, 2.75) is 11.4 Å². The predicted octanol–water partition coefficient (Wildman–Crippen LogP) is 1.52. The lowest BCUT2D eigenvalue weighted by Gasteiger charge is -2.04. The zero-order valence-electron chi connectivity index (χ0n) is 12.6. The van der Waals surface area contributed by atoms with E-state index in [1.807, 2.05) is 0 Å². The van der Waals surface area contributed by atoms with Gasteiger partial charge in [0.2, 0.25) is 21.8 Å². The van der Waals surface area contributed by atoms with Crippen molar-refractivity contribution < 1.29 is 17.8 Å². The van der Waals surface area contributed by atoms with Crippen LogP contribution in [0.4, 0.5) is 5.69 Å². The smallest absolute Gasteiger partial charge is 0.270 e. The van der Waals surface area contributed by atoms with Crippen molar-refractivity contribution in [2.24, 2.45) is 0 Å². The van der Waals surface area contributed by atoms with Gasteiger partial charge in [-0.25, -0.2) is 13.1 Å². The Bertz CT molecular complexity index is 1000. The molecule has 0 aliphatic heterocycles. The molecule has 0 bridgehead atoms. The minimum absolute atomic E-state index is 0.0489. The summed E-state index contributed by atoms with van der Waals surface area (Å²) >= 11 is 0. The number of benzene rings is 1. The van der Waals surface area contributed by atoms with Crippen LogP contribution in [0, 0.1) is 10.1 Å². The molecule has 0 spiro atoms. The Labute approximate surface area is 141 Å². The first-order valence-electron chi connectivity index (χ1n) is 6.92. The van der Waals surface area contributed by atoms with Gasteiger partial charge in [0.05, 0.1) is 21.9 Å². The SMILES string of the molecule is O=[N+]([O-])c1cccc(S(=O)(=O)NCc2nnc(-c3cccnc3)o2)c1. The largest absolute Gasteiger partial charge is 0.419 e. The highest BCUT2D eigenvalue weighted by molar-refractivity contribution is 7.89. The summed E-state index contributed by atoms with van der Waals surface area (Å²) in [6.07, 6.45) is 3.12. The number of aromatic nitrogens is 3. The van der Waals surface area contributed by atoms with E-state index in [9.17, 15) is 18.5 Å². The van der Waals surface area contributed by atoms with Crippen molar-refractivity contribution in [1.82, 2.24) is 19.9 Å². The van der Waals surface area contributed by atoms with E-state index in [1.165, 1.54) is 24.4 Å². The number of non-ortho nitro benzene ring substituents is 1. The molecule has 0 fully saturated rings. The highest BCUT2D eigenvalue weighted by Crippen LogP contribution is 2.18. The van der Waals surface area contributed by atoms with Crippen LogP contribution in [0.5, 0.6) is 0 Å². The van der Waals surface area contributed by atoms with Crippen LogP contribution in [-0.2, 0) is 16.6 Å². The van der Waals surface area contributed by atoms with E-state index in [0.29, 0.717) is 5.56 Å². The summed E-state index contributed by atoms with van der Waals surface area (Å²) in [5.74, 6) is 0.255. The van der Waals surface area contributed by atoms with Crippen molar-refractivity contribution in [3.05, 3.63) is 64.8 Å². The van der Waals surface area contributed by atoms with Gasteiger partial charge >= 0.3 is 0 Å². The molecule has 1 N–H and O–H groups in total. The van der Waals surface area contributed by atoms with Crippen molar-refractivity contribution in [3.8, 4) is 11.5 Å². The van der Waals surface area contributed by atoms with E-state index >= 15 is 0 Å². The molecule has 2 aromatic heterocycles. The van der Waals surface area contributed by atoms with Gasteiger partial charge in [0, 0.05) is 24.5 Å². The number of nitro benzene ring substituents is 1. The van der Waals surface area contributed by atoms with Crippen LogP contribution in [-0.4, -0.2) is 28.5 Å². The van der Waals surface area contributed by atoms with Crippen LogP contribution in [0.25, 0.3) is 11.5 Å². The maximum atomic E-state index is 12.2. The van der Waals surface area contributed by atoms with Gasteiger partial charge in [-0.05, 0) is 18.2 Å². The summed E-state index contributed by atoms with van der Waals surface area (Å²) in [5.41, 5.74) is 0.280. The molecule has 128 valence electrons. The van der Waals surface area contributed by atoms with Gasteiger partial charge in [-0.1, -0.05) is 6.07 Å². The summed E-state index contributed by atoms with van der Waals surface area (Å²) in [5, 5.41) is 18.3. The molecule has 11 heteroatoms. The number of pyridine rings is 1. The molecule has 0 unspecified atom stereocenters. The molecule has 3 rings (SSSR count). The quantitative estimate of drug-likeness (QED) is 0.514. The fourth-order valence-electron chi connectivity index (χ4n) is 1.94. The van der Waals surface area contributed by atoms with E-state index in [-0.39, 0.29) is 28.9 Å². The zero-order valence-corrected chi connectivity index (χ0v) is 13.4. The van der Waals surface area contributed by atoms with E-state index in [1.54, 1.807) is 18.3 Å². The number of nitrogens with one attached hydrogen (secondary N) is 1. The molecule has 0 saturated carbocycles. The van der Waals surface area contributed by atoms with Crippen LogP contribution in [0.1, 0.15) is 5.89 Å². The minimum Gasteiger partial charge on any atom is -0.419 e. The minimum atomic E-state index is -3.96. The summed E-state index contributed by atoms with van der Waals surface area (Å²) in [6, 6.07) is 8.14. The zero-order chi connectivity index (χ0) is 17.9. The van der Waals surface area contributed by atoms with Gasteiger partial charge in [-0.3, -0.25) is 15.1 Å². The van der Waals surface area contributed by atoms with Gasteiger partial charge in [0.15, 0.2) is 0 Å². The second-order valence-corrected chi connectivity index (χ2v) is 6.59. The Morgan fingerprint density at radius 2 is 2.04 bits per heavy atom. The van der Waals surface area contributed by atoms with Crippen LogP contribution < -0.4 is 4.72 Å². The lowest BCUT2D eigenvalue weighted by Crippen LogP contribution is -2.23. The molecule has 0 atom stereocenters. The Kier molecular flexibility index (Phi) is 4.50. The summed E-state index contributed by atoms with van der Waals surface area (Å²) in [7, 11) is -3.96. The number of nitrogens with zero attached hydrogens (tertiary/aromatic N) is 4. The molecular weight excluding hydrogens is 350 g/mol. The standard InChI is InChI=1S/C14H11N5O5S/c20-19(21)11-4-1-5-12(7-11)25(22,23)16-9-13-17-18-14(24-13)10-3-2-6-15-8-10/h1-8,16H,9H2. The summed E-state index contributed by atoms with van der Waals surface area (Å²) in [4.78, 5) is 13.8. The topological polar surface area (TPSA) is 141 Å². The number of rotatable bonds is 6. The molecular formula is C14H11N5O5S. The first kappa shape index (κ1) is 16.7. The molecule has 0 radical (unpaired) electrons.